The molecule has 0 saturated carbocycles. The highest BCUT2D eigenvalue weighted by atomic mass is 15.5. The minimum absolute atomic E-state index is 0.313. The van der Waals surface area contributed by atoms with Gasteiger partial charge in [-0.05, 0) is 30.0 Å². The number of fused-ring (bicyclic) bond motifs is 1. The summed E-state index contributed by atoms with van der Waals surface area (Å²) in [5.74, 6) is 0.425. The van der Waals surface area contributed by atoms with Crippen LogP contribution in [-0.4, -0.2) is 15.0 Å². The molecule has 0 bridgehead atoms. The zero-order chi connectivity index (χ0) is 12.3. The lowest BCUT2D eigenvalue weighted by atomic mass is 10.1. The summed E-state index contributed by atoms with van der Waals surface area (Å²) in [7, 11) is 0. The number of benzene rings is 1. The number of para-hydroxylation sites is 1. The molecule has 0 spiro atoms. The lowest BCUT2D eigenvalue weighted by Gasteiger charge is -2.14. The molecule has 0 amide bonds. The Morgan fingerprint density at radius 1 is 1.41 bits per heavy atom. The third kappa shape index (κ3) is 2.37. The summed E-state index contributed by atoms with van der Waals surface area (Å²) in [6, 6.07) is 7.65. The van der Waals surface area contributed by atoms with Crippen LogP contribution >= 0.6 is 0 Å². The van der Waals surface area contributed by atoms with Crippen molar-refractivity contribution in [2.75, 3.05) is 0 Å². The molecule has 1 heterocycles. The van der Waals surface area contributed by atoms with Crippen molar-refractivity contribution in [2.45, 2.75) is 26.4 Å². The zero-order valence-corrected chi connectivity index (χ0v) is 9.85. The van der Waals surface area contributed by atoms with Crippen molar-refractivity contribution < 1.29 is 0 Å². The van der Waals surface area contributed by atoms with Crippen LogP contribution in [0.5, 0.6) is 0 Å². The van der Waals surface area contributed by atoms with Gasteiger partial charge in [-0.2, -0.15) is 0 Å². The number of nitrogens with zero attached hydrogens (tertiary/aromatic N) is 6. The van der Waals surface area contributed by atoms with Gasteiger partial charge in [0.1, 0.15) is 11.7 Å². The highest BCUT2D eigenvalue weighted by Crippen LogP contribution is 2.22. The van der Waals surface area contributed by atoms with Crippen molar-refractivity contribution in [2.24, 2.45) is 11.0 Å². The molecule has 0 radical (unpaired) electrons. The van der Waals surface area contributed by atoms with Crippen LogP contribution in [0.15, 0.2) is 29.4 Å². The van der Waals surface area contributed by atoms with Gasteiger partial charge in [-0.1, -0.05) is 36.3 Å². The second-order valence-electron chi connectivity index (χ2n) is 4.34. The maximum Gasteiger partial charge on any atom is 0.133 e. The van der Waals surface area contributed by atoms with Gasteiger partial charge in [-0.3, -0.25) is 0 Å². The molecule has 1 aromatic carbocycles. The average molecular weight is 230 g/mol. The molecule has 0 N–H and O–H groups in total. The Labute approximate surface area is 98.9 Å². The van der Waals surface area contributed by atoms with Crippen LogP contribution < -0.4 is 0 Å². The van der Waals surface area contributed by atoms with Crippen LogP contribution in [0.4, 0.5) is 0 Å². The van der Waals surface area contributed by atoms with Gasteiger partial charge < -0.3 is 0 Å². The summed E-state index contributed by atoms with van der Waals surface area (Å²) in [4.78, 5) is 2.89. The molecular formula is C11H14N6. The van der Waals surface area contributed by atoms with Crippen LogP contribution in [0.3, 0.4) is 0 Å². The predicted octanol–water partition coefficient (Wildman–Crippen LogP) is 3.29. The highest BCUT2D eigenvalue weighted by Gasteiger charge is 2.15. The lowest BCUT2D eigenvalue weighted by Crippen LogP contribution is -2.10. The maximum absolute atomic E-state index is 8.62. The maximum atomic E-state index is 8.62. The first-order valence-corrected chi connectivity index (χ1v) is 5.56. The van der Waals surface area contributed by atoms with Crippen molar-refractivity contribution >= 4 is 11.0 Å². The Morgan fingerprint density at radius 2 is 2.18 bits per heavy atom. The summed E-state index contributed by atoms with van der Waals surface area (Å²) < 4.78 is 1.69. The van der Waals surface area contributed by atoms with E-state index in [1.165, 1.54) is 0 Å². The first kappa shape index (κ1) is 11.4. The fourth-order valence-corrected chi connectivity index (χ4v) is 1.78. The van der Waals surface area contributed by atoms with Crippen LogP contribution in [0.1, 0.15) is 26.4 Å². The number of aromatic nitrogens is 3. The number of rotatable bonds is 4. The van der Waals surface area contributed by atoms with Gasteiger partial charge >= 0.3 is 0 Å². The topological polar surface area (TPSA) is 79.5 Å². The van der Waals surface area contributed by atoms with Gasteiger partial charge in [0.05, 0.1) is 5.52 Å². The smallest absolute Gasteiger partial charge is 0.133 e. The van der Waals surface area contributed by atoms with Gasteiger partial charge in [0.2, 0.25) is 0 Å². The van der Waals surface area contributed by atoms with E-state index in [9.17, 15) is 0 Å². The molecule has 0 fully saturated rings. The Hall–Kier alpha value is -2.07. The van der Waals surface area contributed by atoms with Gasteiger partial charge in [0.15, 0.2) is 0 Å². The average Bonchev–Trinajstić information content (AvgIpc) is 2.71. The molecule has 2 aromatic rings. The quantitative estimate of drug-likeness (QED) is 0.459. The second kappa shape index (κ2) is 4.84. The van der Waals surface area contributed by atoms with Gasteiger partial charge in [-0.15, -0.1) is 5.10 Å². The van der Waals surface area contributed by atoms with E-state index in [2.05, 4.69) is 34.2 Å². The highest BCUT2D eigenvalue weighted by molar-refractivity contribution is 5.73. The largest absolute Gasteiger partial charge is 0.236 e. The summed E-state index contributed by atoms with van der Waals surface area (Å²) in [6.07, 6.45) is 0.435. The molecule has 17 heavy (non-hydrogen) atoms. The summed E-state index contributed by atoms with van der Waals surface area (Å²) in [5, 5.41) is 11.9. The molecule has 0 aliphatic carbocycles. The van der Waals surface area contributed by atoms with E-state index in [4.69, 9.17) is 5.53 Å². The van der Waals surface area contributed by atoms with E-state index in [0.29, 0.717) is 5.92 Å². The molecular weight excluding hydrogens is 216 g/mol. The van der Waals surface area contributed by atoms with E-state index >= 15 is 0 Å². The normalized spacial score (nSPS) is 12.6. The van der Waals surface area contributed by atoms with Crippen molar-refractivity contribution in [3.63, 3.8) is 0 Å². The third-order valence-corrected chi connectivity index (χ3v) is 2.53. The molecule has 0 aliphatic rings. The second-order valence-corrected chi connectivity index (χ2v) is 4.34. The number of azide groups is 1. The Kier molecular flexibility index (Phi) is 3.25. The van der Waals surface area contributed by atoms with E-state index in [0.717, 1.165) is 17.5 Å². The fraction of sp³-hybridized carbons (Fsp3) is 0.455. The van der Waals surface area contributed by atoms with E-state index in [1.54, 1.807) is 4.68 Å². The molecule has 2 rings (SSSR count). The molecule has 6 nitrogen and oxygen atoms in total. The van der Waals surface area contributed by atoms with Gasteiger partial charge in [0.25, 0.3) is 0 Å². The van der Waals surface area contributed by atoms with E-state index < -0.39 is 0 Å². The monoisotopic (exact) mass is 230 g/mol. The zero-order valence-electron chi connectivity index (χ0n) is 9.85. The standard InChI is InChI=1S/C11H14N6/c1-8(2)7-11(14-15-12)17-10-6-4-3-5-9(10)13-16-17/h3-6,8,11H,7H2,1-2H3. The van der Waals surface area contributed by atoms with Crippen molar-refractivity contribution in [1.82, 2.24) is 15.0 Å². The molecule has 1 atom stereocenters. The molecule has 6 heteroatoms. The van der Waals surface area contributed by atoms with Crippen molar-refractivity contribution in [3.05, 3.63) is 34.7 Å². The Morgan fingerprint density at radius 3 is 2.88 bits per heavy atom. The number of hydrogen-bond acceptors (Lipinski definition) is 3. The Bertz CT molecular complexity index is 552. The van der Waals surface area contributed by atoms with Crippen molar-refractivity contribution in [3.8, 4) is 0 Å². The fourth-order valence-electron chi connectivity index (χ4n) is 1.78. The summed E-state index contributed by atoms with van der Waals surface area (Å²) in [5.41, 5.74) is 10.3. The molecule has 1 aromatic heterocycles. The van der Waals surface area contributed by atoms with Gasteiger partial charge in [-0.25, -0.2) is 4.68 Å². The van der Waals surface area contributed by atoms with Crippen LogP contribution in [0.25, 0.3) is 21.5 Å². The minimum atomic E-state index is -0.313. The van der Waals surface area contributed by atoms with Crippen LogP contribution in [-0.2, 0) is 0 Å². The third-order valence-electron chi connectivity index (χ3n) is 2.53. The predicted molar refractivity (Wildman–Crippen MR) is 65.2 cm³/mol. The summed E-state index contributed by atoms with van der Waals surface area (Å²) in [6.45, 7) is 4.16. The molecule has 0 saturated heterocycles. The van der Waals surface area contributed by atoms with Crippen LogP contribution in [0, 0.1) is 5.92 Å². The number of hydrogen-bond donors (Lipinski definition) is 0. The van der Waals surface area contributed by atoms with Gasteiger partial charge in [0, 0.05) is 4.91 Å². The molecule has 88 valence electrons. The van der Waals surface area contributed by atoms with E-state index in [-0.39, 0.29) is 6.17 Å². The Balaban J connectivity index is 2.44. The first-order chi connectivity index (χ1) is 8.22. The minimum Gasteiger partial charge on any atom is -0.236 e. The SMILES string of the molecule is CC(C)CC(N=[N+]=[N-])n1nnc2ccccc21. The lowest BCUT2D eigenvalue weighted by molar-refractivity contribution is 0.383. The molecule has 1 unspecified atom stereocenters. The molecule has 0 aliphatic heterocycles. The van der Waals surface area contributed by atoms with E-state index in [1.807, 2.05) is 24.3 Å². The van der Waals surface area contributed by atoms with Crippen molar-refractivity contribution in [1.29, 1.82) is 0 Å². The van der Waals surface area contributed by atoms with Crippen LogP contribution in [0.2, 0.25) is 0 Å². The summed E-state index contributed by atoms with van der Waals surface area (Å²) >= 11 is 0. The first-order valence-electron chi connectivity index (χ1n) is 5.56.